The summed E-state index contributed by atoms with van der Waals surface area (Å²) in [5.74, 6) is 0. The van der Waals surface area contributed by atoms with Gasteiger partial charge in [-0.3, -0.25) is 0 Å². The molecule has 0 amide bonds. The predicted molar refractivity (Wildman–Crippen MR) is 96.0 cm³/mol. The first kappa shape index (κ1) is 15.0. The van der Waals surface area contributed by atoms with Crippen molar-refractivity contribution in [1.82, 2.24) is 4.98 Å². The van der Waals surface area contributed by atoms with E-state index in [1.54, 1.807) is 23.1 Å². The monoisotopic (exact) mass is 378 g/mol. The summed E-state index contributed by atoms with van der Waals surface area (Å²) in [7, 11) is 0. The van der Waals surface area contributed by atoms with E-state index in [0.29, 0.717) is 0 Å². The van der Waals surface area contributed by atoms with Crippen LogP contribution in [0.15, 0.2) is 57.3 Å². The summed E-state index contributed by atoms with van der Waals surface area (Å²) in [5, 5.41) is 0.207. The number of benzene rings is 2. The van der Waals surface area contributed by atoms with E-state index in [9.17, 15) is 0 Å². The second-order valence-electron chi connectivity index (χ2n) is 4.90. The van der Waals surface area contributed by atoms with Crippen molar-refractivity contribution >= 4 is 49.2 Å². The quantitative estimate of drug-likeness (QED) is 0.630. The van der Waals surface area contributed by atoms with Crippen molar-refractivity contribution < 1.29 is 0 Å². The standard InChI is InChI=1S/C16H15BrN2S2/c1-10(18)15(11-6-8-12(17)9-7-11)21-16-19-13-4-2-3-5-14(13)20-16/h2-10,15H,18H2,1H3. The molecule has 2 atom stereocenters. The van der Waals surface area contributed by atoms with Gasteiger partial charge >= 0.3 is 0 Å². The number of fused-ring (bicyclic) bond motifs is 1. The number of thioether (sulfide) groups is 1. The molecule has 1 heterocycles. The number of hydrogen-bond donors (Lipinski definition) is 1. The molecule has 2 aromatic carbocycles. The molecule has 3 rings (SSSR count). The van der Waals surface area contributed by atoms with Gasteiger partial charge in [0, 0.05) is 10.5 Å². The molecule has 0 saturated heterocycles. The summed E-state index contributed by atoms with van der Waals surface area (Å²) >= 11 is 6.95. The van der Waals surface area contributed by atoms with Gasteiger partial charge < -0.3 is 5.73 Å². The second-order valence-corrected chi connectivity index (χ2v) is 8.23. The Kier molecular flexibility index (Phi) is 4.64. The third-order valence-electron chi connectivity index (χ3n) is 3.18. The number of para-hydroxylation sites is 1. The molecule has 0 fully saturated rings. The molecular formula is C16H15BrN2S2. The molecular weight excluding hydrogens is 364 g/mol. The molecule has 5 heteroatoms. The number of nitrogens with two attached hydrogens (primary N) is 1. The third kappa shape index (κ3) is 3.48. The summed E-state index contributed by atoms with van der Waals surface area (Å²) in [6.07, 6.45) is 0. The topological polar surface area (TPSA) is 38.9 Å². The smallest absolute Gasteiger partial charge is 0.151 e. The lowest BCUT2D eigenvalue weighted by Gasteiger charge is -2.19. The molecule has 2 nitrogen and oxygen atoms in total. The molecule has 0 aliphatic heterocycles. The van der Waals surface area contributed by atoms with Crippen LogP contribution in [0.25, 0.3) is 10.2 Å². The van der Waals surface area contributed by atoms with E-state index in [0.717, 1.165) is 14.3 Å². The third-order valence-corrected chi connectivity index (χ3v) is 6.32. The van der Waals surface area contributed by atoms with Crippen molar-refractivity contribution in [3.05, 3.63) is 58.6 Å². The molecule has 0 saturated carbocycles. The normalized spacial score (nSPS) is 14.2. The Balaban J connectivity index is 1.89. The maximum atomic E-state index is 6.19. The minimum Gasteiger partial charge on any atom is -0.327 e. The second kappa shape index (κ2) is 6.48. The van der Waals surface area contributed by atoms with Crippen LogP contribution in [0.4, 0.5) is 0 Å². The zero-order valence-electron chi connectivity index (χ0n) is 11.5. The van der Waals surface area contributed by atoms with Gasteiger partial charge in [-0.25, -0.2) is 4.98 Å². The van der Waals surface area contributed by atoms with Crippen LogP contribution in [0.3, 0.4) is 0 Å². The first-order valence-corrected chi connectivity index (χ1v) is 9.15. The van der Waals surface area contributed by atoms with Gasteiger partial charge in [-0.05, 0) is 36.8 Å². The van der Waals surface area contributed by atoms with Crippen molar-refractivity contribution in [2.45, 2.75) is 22.6 Å². The van der Waals surface area contributed by atoms with Crippen molar-refractivity contribution in [2.24, 2.45) is 5.73 Å². The van der Waals surface area contributed by atoms with E-state index in [4.69, 9.17) is 10.7 Å². The van der Waals surface area contributed by atoms with Gasteiger partial charge in [0.25, 0.3) is 0 Å². The molecule has 0 aliphatic carbocycles. The number of aromatic nitrogens is 1. The Morgan fingerprint density at radius 1 is 1.14 bits per heavy atom. The van der Waals surface area contributed by atoms with Crippen LogP contribution >= 0.6 is 39.0 Å². The summed E-state index contributed by atoms with van der Waals surface area (Å²) in [5.41, 5.74) is 8.49. The molecule has 0 spiro atoms. The van der Waals surface area contributed by atoms with Gasteiger partial charge in [0.15, 0.2) is 4.34 Å². The van der Waals surface area contributed by atoms with Crippen molar-refractivity contribution in [3.8, 4) is 0 Å². The molecule has 0 bridgehead atoms. The number of halogens is 1. The highest BCUT2D eigenvalue weighted by atomic mass is 79.9. The lowest BCUT2D eigenvalue weighted by atomic mass is 10.1. The molecule has 0 radical (unpaired) electrons. The van der Waals surface area contributed by atoms with Crippen LogP contribution in [0, 0.1) is 0 Å². The summed E-state index contributed by atoms with van der Waals surface area (Å²) in [6, 6.07) is 16.7. The van der Waals surface area contributed by atoms with Crippen LogP contribution in [0.5, 0.6) is 0 Å². The Bertz CT molecular complexity index is 704. The minimum absolute atomic E-state index is 0.0585. The summed E-state index contributed by atoms with van der Waals surface area (Å²) in [4.78, 5) is 4.69. The molecule has 2 unspecified atom stereocenters. The Labute approximate surface area is 140 Å². The predicted octanol–water partition coefficient (Wildman–Crippen LogP) is 5.24. The minimum atomic E-state index is 0.0585. The average molecular weight is 379 g/mol. The van der Waals surface area contributed by atoms with Crippen LogP contribution in [-0.2, 0) is 0 Å². The van der Waals surface area contributed by atoms with Gasteiger partial charge in [0.1, 0.15) is 0 Å². The van der Waals surface area contributed by atoms with E-state index in [1.165, 1.54) is 10.3 Å². The summed E-state index contributed by atoms with van der Waals surface area (Å²) in [6.45, 7) is 2.05. The van der Waals surface area contributed by atoms with Gasteiger partial charge in [-0.15, -0.1) is 11.3 Å². The number of thiazole rings is 1. The van der Waals surface area contributed by atoms with E-state index < -0.39 is 0 Å². The number of rotatable bonds is 4. The van der Waals surface area contributed by atoms with Crippen molar-refractivity contribution in [2.75, 3.05) is 0 Å². The highest BCUT2D eigenvalue weighted by Gasteiger charge is 2.19. The van der Waals surface area contributed by atoms with E-state index in [1.807, 2.05) is 19.1 Å². The first-order valence-electron chi connectivity index (χ1n) is 6.67. The highest BCUT2D eigenvalue weighted by molar-refractivity contribution is 9.10. The molecule has 108 valence electrons. The fraction of sp³-hybridized carbons (Fsp3) is 0.188. The van der Waals surface area contributed by atoms with E-state index >= 15 is 0 Å². The van der Waals surface area contributed by atoms with Gasteiger partial charge in [0.05, 0.1) is 15.5 Å². The van der Waals surface area contributed by atoms with Crippen LogP contribution in [0.1, 0.15) is 17.7 Å². The van der Waals surface area contributed by atoms with Crippen molar-refractivity contribution in [3.63, 3.8) is 0 Å². The highest BCUT2D eigenvalue weighted by Crippen LogP contribution is 2.40. The largest absolute Gasteiger partial charge is 0.327 e. The summed E-state index contributed by atoms with van der Waals surface area (Å²) < 4.78 is 3.38. The molecule has 21 heavy (non-hydrogen) atoms. The number of hydrogen-bond acceptors (Lipinski definition) is 4. The SMILES string of the molecule is CC(N)C(Sc1nc2ccccc2s1)c1ccc(Br)cc1. The fourth-order valence-corrected chi connectivity index (χ4v) is 4.75. The van der Waals surface area contributed by atoms with E-state index in [-0.39, 0.29) is 11.3 Å². The average Bonchev–Trinajstić information content (AvgIpc) is 2.88. The van der Waals surface area contributed by atoms with Gasteiger partial charge in [0.2, 0.25) is 0 Å². The van der Waals surface area contributed by atoms with Crippen LogP contribution in [-0.4, -0.2) is 11.0 Å². The molecule has 3 aromatic rings. The van der Waals surface area contributed by atoms with Gasteiger partial charge in [-0.1, -0.05) is 52.0 Å². The van der Waals surface area contributed by atoms with Gasteiger partial charge in [-0.2, -0.15) is 0 Å². The zero-order valence-corrected chi connectivity index (χ0v) is 14.7. The van der Waals surface area contributed by atoms with Crippen LogP contribution < -0.4 is 5.73 Å². The lowest BCUT2D eigenvalue weighted by molar-refractivity contribution is 0.721. The Morgan fingerprint density at radius 2 is 1.86 bits per heavy atom. The fourth-order valence-electron chi connectivity index (χ4n) is 2.14. The lowest BCUT2D eigenvalue weighted by Crippen LogP contribution is -2.22. The van der Waals surface area contributed by atoms with Crippen molar-refractivity contribution in [1.29, 1.82) is 0 Å². The van der Waals surface area contributed by atoms with E-state index in [2.05, 4.69) is 52.3 Å². The Hall–Kier alpha value is -0.880. The van der Waals surface area contributed by atoms with Crippen LogP contribution in [0.2, 0.25) is 0 Å². The number of nitrogens with zero attached hydrogens (tertiary/aromatic N) is 1. The molecule has 0 aliphatic rings. The zero-order chi connectivity index (χ0) is 14.8. The maximum absolute atomic E-state index is 6.19. The molecule has 1 aromatic heterocycles. The molecule has 2 N–H and O–H groups in total. The maximum Gasteiger partial charge on any atom is 0.151 e. The first-order chi connectivity index (χ1) is 10.1. The Morgan fingerprint density at radius 3 is 2.52 bits per heavy atom.